The Morgan fingerprint density at radius 3 is 1.97 bits per heavy atom. The minimum Gasteiger partial charge on any atom is -0.463 e. The Bertz CT molecular complexity index is 674. The summed E-state index contributed by atoms with van der Waals surface area (Å²) in [5.41, 5.74) is 0. The number of phosphoric acid groups is 1. The van der Waals surface area contributed by atoms with E-state index in [2.05, 4.69) is 31.3 Å². The molecule has 39 heavy (non-hydrogen) atoms. The normalized spacial score (nSPS) is 13.8. The lowest BCUT2D eigenvalue weighted by Gasteiger charge is -2.15. The van der Waals surface area contributed by atoms with Gasteiger partial charge in [-0.05, 0) is 38.5 Å². The lowest BCUT2D eigenvalue weighted by atomic mass is 10.1. The number of allylic oxidation sites excluding steroid dienone is 2. The van der Waals surface area contributed by atoms with Crippen molar-refractivity contribution in [1.29, 1.82) is 0 Å². The Kier molecular flexibility index (Phi) is 26.1. The van der Waals surface area contributed by atoms with Gasteiger partial charge >= 0.3 is 13.8 Å². The molecular formula is C29H56NO8P. The van der Waals surface area contributed by atoms with Gasteiger partial charge in [-0.15, -0.1) is 0 Å². The number of carbonyl (C=O) groups is 2. The van der Waals surface area contributed by atoms with Crippen LogP contribution in [-0.4, -0.2) is 54.3 Å². The number of aliphatic hydroxyl groups is 1. The molecule has 1 amide bonds. The maximum Gasteiger partial charge on any atom is 0.472 e. The van der Waals surface area contributed by atoms with Crippen LogP contribution in [0.2, 0.25) is 0 Å². The minimum atomic E-state index is -4.39. The third-order valence-corrected chi connectivity index (χ3v) is 7.18. The summed E-state index contributed by atoms with van der Waals surface area (Å²) in [4.78, 5) is 33.3. The number of aliphatic hydroxyl groups excluding tert-OH is 1. The van der Waals surface area contributed by atoms with Gasteiger partial charge in [0.05, 0.1) is 13.2 Å². The number of unbranched alkanes of at least 4 members (excludes halogenated alkanes) is 13. The number of rotatable bonds is 28. The highest BCUT2D eigenvalue weighted by Crippen LogP contribution is 2.42. The molecule has 9 nitrogen and oxygen atoms in total. The Morgan fingerprint density at radius 2 is 1.31 bits per heavy atom. The number of amides is 1. The van der Waals surface area contributed by atoms with E-state index in [0.29, 0.717) is 6.42 Å². The van der Waals surface area contributed by atoms with E-state index in [0.717, 1.165) is 57.8 Å². The van der Waals surface area contributed by atoms with E-state index in [4.69, 9.17) is 13.8 Å². The second-order valence-corrected chi connectivity index (χ2v) is 11.5. The molecule has 0 saturated heterocycles. The number of phosphoric ester groups is 1. The van der Waals surface area contributed by atoms with E-state index >= 15 is 0 Å². The fourth-order valence-electron chi connectivity index (χ4n) is 3.84. The molecule has 0 aliphatic carbocycles. The Hall–Kier alpha value is -1.25. The van der Waals surface area contributed by atoms with Gasteiger partial charge in [-0.3, -0.25) is 18.6 Å². The van der Waals surface area contributed by atoms with Crippen LogP contribution in [0.25, 0.3) is 0 Å². The zero-order valence-corrected chi connectivity index (χ0v) is 25.5. The first-order valence-electron chi connectivity index (χ1n) is 15.2. The average Bonchev–Trinajstić information content (AvgIpc) is 2.91. The van der Waals surface area contributed by atoms with Gasteiger partial charge in [-0.2, -0.15) is 0 Å². The second kappa shape index (κ2) is 26.9. The molecule has 0 rings (SSSR count). The third-order valence-electron chi connectivity index (χ3n) is 6.20. The first kappa shape index (κ1) is 37.8. The lowest BCUT2D eigenvalue weighted by molar-refractivity contribution is -0.147. The molecule has 0 aliphatic rings. The second-order valence-electron chi connectivity index (χ2n) is 10.1. The molecule has 0 spiro atoms. The van der Waals surface area contributed by atoms with E-state index in [9.17, 15) is 24.2 Å². The van der Waals surface area contributed by atoms with Crippen LogP contribution in [-0.2, 0) is 27.9 Å². The van der Waals surface area contributed by atoms with Gasteiger partial charge in [-0.1, -0.05) is 90.2 Å². The van der Waals surface area contributed by atoms with Crippen LogP contribution in [0.5, 0.6) is 0 Å². The van der Waals surface area contributed by atoms with Gasteiger partial charge in [0.1, 0.15) is 12.7 Å². The summed E-state index contributed by atoms with van der Waals surface area (Å²) in [6.07, 6.45) is 21.7. The fraction of sp³-hybridized carbons (Fsp3) is 0.862. The third kappa shape index (κ3) is 28.1. The molecule has 0 aliphatic heterocycles. The van der Waals surface area contributed by atoms with Crippen molar-refractivity contribution in [2.75, 3.05) is 26.4 Å². The van der Waals surface area contributed by atoms with Crippen LogP contribution >= 0.6 is 7.82 Å². The van der Waals surface area contributed by atoms with Gasteiger partial charge in [0.2, 0.25) is 5.91 Å². The standard InChI is InChI=1S/C29H56NO8P/c1-3-5-7-9-11-12-13-14-15-16-18-20-22-29(33)36-25-27(31)26-38-39(34,35)37-24-23-30-28(32)21-19-17-10-8-6-4-2/h11-12,27,31H,3-10,13-26H2,1-2H3,(H,30,32)(H,34,35)/b12-11-. The highest BCUT2D eigenvalue weighted by Gasteiger charge is 2.23. The maximum atomic E-state index is 11.9. The summed E-state index contributed by atoms with van der Waals surface area (Å²) < 4.78 is 26.5. The summed E-state index contributed by atoms with van der Waals surface area (Å²) in [5, 5.41) is 12.5. The molecule has 0 fully saturated rings. The summed E-state index contributed by atoms with van der Waals surface area (Å²) in [5.74, 6) is -0.537. The summed E-state index contributed by atoms with van der Waals surface area (Å²) in [6, 6.07) is 0. The van der Waals surface area contributed by atoms with E-state index in [-0.39, 0.29) is 32.1 Å². The summed E-state index contributed by atoms with van der Waals surface area (Å²) in [7, 11) is -4.39. The average molecular weight is 578 g/mol. The maximum absolute atomic E-state index is 11.9. The van der Waals surface area contributed by atoms with Crippen LogP contribution in [0.1, 0.15) is 129 Å². The van der Waals surface area contributed by atoms with E-state index in [1.807, 2.05) is 0 Å². The molecule has 0 aromatic carbocycles. The molecule has 0 aromatic rings. The number of esters is 1. The molecule has 2 unspecified atom stereocenters. The van der Waals surface area contributed by atoms with E-state index < -0.39 is 26.5 Å². The van der Waals surface area contributed by atoms with Gasteiger partial charge in [0.15, 0.2) is 0 Å². The topological polar surface area (TPSA) is 131 Å². The van der Waals surface area contributed by atoms with Crippen LogP contribution in [0.15, 0.2) is 12.2 Å². The van der Waals surface area contributed by atoms with Crippen molar-refractivity contribution < 1.29 is 37.9 Å². The Morgan fingerprint density at radius 1 is 0.769 bits per heavy atom. The molecule has 0 bridgehead atoms. The molecule has 0 radical (unpaired) electrons. The van der Waals surface area contributed by atoms with Crippen molar-refractivity contribution in [2.24, 2.45) is 0 Å². The van der Waals surface area contributed by atoms with Gasteiger partial charge in [0, 0.05) is 19.4 Å². The fourth-order valence-corrected chi connectivity index (χ4v) is 4.60. The van der Waals surface area contributed by atoms with Gasteiger partial charge in [-0.25, -0.2) is 4.57 Å². The van der Waals surface area contributed by atoms with Crippen LogP contribution < -0.4 is 5.32 Å². The quantitative estimate of drug-likeness (QED) is 0.0402. The summed E-state index contributed by atoms with van der Waals surface area (Å²) >= 11 is 0. The molecule has 3 N–H and O–H groups in total. The molecule has 230 valence electrons. The monoisotopic (exact) mass is 577 g/mol. The van der Waals surface area contributed by atoms with Crippen molar-refractivity contribution in [2.45, 2.75) is 136 Å². The smallest absolute Gasteiger partial charge is 0.463 e. The molecule has 0 saturated carbocycles. The largest absolute Gasteiger partial charge is 0.472 e. The zero-order chi connectivity index (χ0) is 29.0. The van der Waals surface area contributed by atoms with Gasteiger partial charge < -0.3 is 20.1 Å². The van der Waals surface area contributed by atoms with E-state index in [1.54, 1.807) is 0 Å². The molecular weight excluding hydrogens is 521 g/mol. The highest BCUT2D eigenvalue weighted by atomic mass is 31.2. The first-order valence-corrected chi connectivity index (χ1v) is 16.7. The number of hydrogen-bond donors (Lipinski definition) is 3. The SMILES string of the molecule is CCCCC/C=C\CCCCCCCC(=O)OCC(O)COP(=O)(O)OCCNC(=O)CCCCCCCC. The minimum absolute atomic E-state index is 0.0823. The number of nitrogens with one attached hydrogen (secondary N) is 1. The summed E-state index contributed by atoms with van der Waals surface area (Å²) in [6.45, 7) is 3.42. The predicted molar refractivity (Wildman–Crippen MR) is 155 cm³/mol. The highest BCUT2D eigenvalue weighted by molar-refractivity contribution is 7.47. The Labute approximate surface area is 237 Å². The van der Waals surface area contributed by atoms with Crippen molar-refractivity contribution in [3.05, 3.63) is 12.2 Å². The van der Waals surface area contributed by atoms with Crippen LogP contribution in [0.3, 0.4) is 0 Å². The van der Waals surface area contributed by atoms with Crippen LogP contribution in [0.4, 0.5) is 0 Å². The lowest BCUT2D eigenvalue weighted by Crippen LogP contribution is -2.27. The molecule has 2 atom stereocenters. The Balaban J connectivity index is 3.68. The number of hydrogen-bond acceptors (Lipinski definition) is 7. The van der Waals surface area contributed by atoms with Crippen molar-refractivity contribution >= 4 is 19.7 Å². The molecule has 10 heteroatoms. The van der Waals surface area contributed by atoms with Crippen molar-refractivity contribution in [1.82, 2.24) is 5.32 Å². The molecule has 0 aromatic heterocycles. The predicted octanol–water partition coefficient (Wildman–Crippen LogP) is 6.76. The van der Waals surface area contributed by atoms with E-state index in [1.165, 1.54) is 44.9 Å². The van der Waals surface area contributed by atoms with Crippen molar-refractivity contribution in [3.63, 3.8) is 0 Å². The van der Waals surface area contributed by atoms with Crippen molar-refractivity contribution in [3.8, 4) is 0 Å². The van der Waals surface area contributed by atoms with Gasteiger partial charge in [0.25, 0.3) is 0 Å². The first-order chi connectivity index (χ1) is 18.8. The van der Waals surface area contributed by atoms with Crippen LogP contribution in [0, 0.1) is 0 Å². The number of carbonyl (C=O) groups excluding carboxylic acids is 2. The molecule has 0 heterocycles. The zero-order valence-electron chi connectivity index (χ0n) is 24.6. The number of ether oxygens (including phenoxy) is 1.